The van der Waals surface area contributed by atoms with Crippen molar-refractivity contribution in [3.05, 3.63) is 34.9 Å². The fourth-order valence-electron chi connectivity index (χ4n) is 1.63. The molecular weight excluding hydrogens is 233 g/mol. The van der Waals surface area contributed by atoms with Gasteiger partial charge in [-0.25, -0.2) is 0 Å². The van der Waals surface area contributed by atoms with Crippen molar-refractivity contribution >= 4 is 24.6 Å². The topological polar surface area (TPSA) is 42.6 Å². The second-order valence-corrected chi connectivity index (χ2v) is 4.39. The molecule has 0 radical (unpaired) electrons. The number of nitrogens with zero attached hydrogens (tertiary/aromatic N) is 1. The van der Waals surface area contributed by atoms with Gasteiger partial charge in [0.1, 0.15) is 0 Å². The summed E-state index contributed by atoms with van der Waals surface area (Å²) in [5.74, 6) is 0.798. The molecule has 2 aromatic rings. The summed E-state index contributed by atoms with van der Waals surface area (Å²) in [6.45, 7) is 2.01. The molecule has 0 spiro atoms. The summed E-state index contributed by atoms with van der Waals surface area (Å²) in [6.07, 6.45) is 3.82. The number of hydrogen-bond acceptors (Lipinski definition) is 4. The van der Waals surface area contributed by atoms with Crippen molar-refractivity contribution in [1.29, 1.82) is 0 Å². The first-order valence-electron chi connectivity index (χ1n) is 5.43. The molecule has 1 unspecified atom stereocenters. The molecule has 0 aromatic carbocycles. The second kappa shape index (κ2) is 5.73. The van der Waals surface area contributed by atoms with Crippen LogP contribution >= 0.6 is 11.3 Å². The average molecular weight is 245 g/mol. The number of thiophene rings is 1. The van der Waals surface area contributed by atoms with Gasteiger partial charge in [-0.05, 0) is 0 Å². The fraction of sp³-hybridized carbons (Fsp3) is 0.250. The predicted molar refractivity (Wildman–Crippen MR) is 70.0 cm³/mol. The number of hydrogen-bond donors (Lipinski definition) is 0. The van der Waals surface area contributed by atoms with E-state index >= 15 is 0 Å². The van der Waals surface area contributed by atoms with E-state index in [4.69, 9.17) is 4.42 Å². The summed E-state index contributed by atoms with van der Waals surface area (Å²) in [5, 5.41) is 4.11. The van der Waals surface area contributed by atoms with Gasteiger partial charge >= 0.3 is 104 Å². The SMILES string of the molecule is CCC(N=CB=O)c1cc(-c2ccsc2)co1. The van der Waals surface area contributed by atoms with E-state index in [1.54, 1.807) is 17.6 Å². The van der Waals surface area contributed by atoms with E-state index < -0.39 is 0 Å². The Labute approximate surface area is 104 Å². The van der Waals surface area contributed by atoms with E-state index in [2.05, 4.69) is 16.4 Å². The van der Waals surface area contributed by atoms with Crippen LogP contribution in [0.5, 0.6) is 0 Å². The Kier molecular flexibility index (Phi) is 4.04. The first-order chi connectivity index (χ1) is 8.35. The molecule has 0 amide bonds. The third-order valence-electron chi connectivity index (χ3n) is 2.52. The second-order valence-electron chi connectivity index (χ2n) is 3.61. The minimum absolute atomic E-state index is 0.0763. The van der Waals surface area contributed by atoms with Gasteiger partial charge in [0.25, 0.3) is 0 Å². The van der Waals surface area contributed by atoms with Crippen LogP contribution in [0.4, 0.5) is 0 Å². The van der Waals surface area contributed by atoms with Gasteiger partial charge in [0.15, 0.2) is 0 Å². The standard InChI is InChI=1S/C12H12BNO2S/c1-2-11(14-8-13-15)12-5-10(6-16-12)9-3-4-17-7-9/h3-8,11H,2H2,1H3. The zero-order valence-electron chi connectivity index (χ0n) is 9.50. The van der Waals surface area contributed by atoms with Gasteiger partial charge in [0.2, 0.25) is 0 Å². The minimum atomic E-state index is -0.0763. The van der Waals surface area contributed by atoms with Gasteiger partial charge in [-0.1, -0.05) is 0 Å². The summed E-state index contributed by atoms with van der Waals surface area (Å²) >= 11 is 1.65. The average Bonchev–Trinajstić information content (AvgIpc) is 3.00. The quantitative estimate of drug-likeness (QED) is 0.597. The van der Waals surface area contributed by atoms with Crippen LogP contribution in [0.15, 0.2) is 38.6 Å². The Hall–Kier alpha value is -1.49. The monoisotopic (exact) mass is 245 g/mol. The van der Waals surface area contributed by atoms with Crippen molar-refractivity contribution in [2.45, 2.75) is 19.4 Å². The Morgan fingerprint density at radius 1 is 1.59 bits per heavy atom. The predicted octanol–water partition coefficient (Wildman–Crippen LogP) is 3.54. The van der Waals surface area contributed by atoms with Crippen LogP contribution in [0, 0.1) is 0 Å². The molecule has 0 N–H and O–H groups in total. The Morgan fingerprint density at radius 2 is 2.47 bits per heavy atom. The van der Waals surface area contributed by atoms with E-state index in [9.17, 15) is 4.70 Å². The zero-order chi connectivity index (χ0) is 12.1. The van der Waals surface area contributed by atoms with Crippen LogP contribution in [-0.2, 0) is 4.70 Å². The molecule has 2 rings (SSSR count). The van der Waals surface area contributed by atoms with Gasteiger partial charge in [0.05, 0.1) is 0 Å². The summed E-state index contributed by atoms with van der Waals surface area (Å²) in [7, 11) is 0.686. The zero-order valence-corrected chi connectivity index (χ0v) is 10.3. The van der Waals surface area contributed by atoms with E-state index in [1.165, 1.54) is 6.11 Å². The fourth-order valence-corrected chi connectivity index (χ4v) is 2.29. The maximum atomic E-state index is 10.3. The molecule has 0 bridgehead atoms. The summed E-state index contributed by atoms with van der Waals surface area (Å²) in [6, 6.07) is 3.96. The van der Waals surface area contributed by atoms with Crippen molar-refractivity contribution in [2.24, 2.45) is 4.99 Å². The van der Waals surface area contributed by atoms with Crippen molar-refractivity contribution < 1.29 is 9.12 Å². The van der Waals surface area contributed by atoms with Crippen LogP contribution in [-0.4, -0.2) is 13.3 Å². The normalized spacial score (nSPS) is 12.8. The molecule has 86 valence electrons. The molecule has 2 aromatic heterocycles. The molecule has 0 fully saturated rings. The van der Waals surface area contributed by atoms with Gasteiger partial charge in [-0.15, -0.1) is 0 Å². The Balaban J connectivity index is 2.22. The van der Waals surface area contributed by atoms with Gasteiger partial charge in [-0.3, -0.25) is 0 Å². The molecule has 17 heavy (non-hydrogen) atoms. The third-order valence-corrected chi connectivity index (χ3v) is 3.20. The molecule has 1 atom stereocenters. The first kappa shape index (κ1) is 12.0. The van der Waals surface area contributed by atoms with Crippen LogP contribution in [0.25, 0.3) is 11.1 Å². The Bertz CT molecular complexity index is 504. The van der Waals surface area contributed by atoms with Crippen molar-refractivity contribution in [3.8, 4) is 11.1 Å². The maximum absolute atomic E-state index is 10.3. The first-order valence-corrected chi connectivity index (χ1v) is 6.37. The van der Waals surface area contributed by atoms with Gasteiger partial charge in [-0.2, -0.15) is 0 Å². The van der Waals surface area contributed by atoms with Crippen molar-refractivity contribution in [1.82, 2.24) is 0 Å². The summed E-state index contributed by atoms with van der Waals surface area (Å²) in [4.78, 5) is 4.14. The van der Waals surface area contributed by atoms with Gasteiger partial charge < -0.3 is 0 Å². The van der Waals surface area contributed by atoms with Crippen LogP contribution < -0.4 is 0 Å². The van der Waals surface area contributed by atoms with Crippen molar-refractivity contribution in [2.75, 3.05) is 0 Å². The molecule has 0 aliphatic heterocycles. The molecule has 0 saturated heterocycles. The summed E-state index contributed by atoms with van der Waals surface area (Å²) in [5.41, 5.74) is 2.21. The molecule has 0 aliphatic rings. The van der Waals surface area contributed by atoms with E-state index in [-0.39, 0.29) is 6.04 Å². The van der Waals surface area contributed by atoms with Crippen LogP contribution in [0.1, 0.15) is 25.1 Å². The van der Waals surface area contributed by atoms with E-state index in [0.717, 1.165) is 23.3 Å². The number of rotatable bonds is 5. The molecular formula is C12H12BNO2S. The Morgan fingerprint density at radius 3 is 3.12 bits per heavy atom. The van der Waals surface area contributed by atoms with E-state index in [0.29, 0.717) is 7.15 Å². The molecule has 3 nitrogen and oxygen atoms in total. The molecule has 5 heteroatoms. The summed E-state index contributed by atoms with van der Waals surface area (Å²) < 4.78 is 15.8. The van der Waals surface area contributed by atoms with Crippen LogP contribution in [0.2, 0.25) is 0 Å². The molecule has 2 heterocycles. The van der Waals surface area contributed by atoms with Gasteiger partial charge in [0, 0.05) is 0 Å². The third kappa shape index (κ3) is 2.80. The molecule has 0 saturated carbocycles. The number of furan rings is 1. The number of aliphatic imine (C=N–C) groups is 1. The molecule has 0 aliphatic carbocycles. The van der Waals surface area contributed by atoms with E-state index in [1.807, 2.05) is 18.4 Å². The van der Waals surface area contributed by atoms with Crippen LogP contribution in [0.3, 0.4) is 0 Å². The van der Waals surface area contributed by atoms with Crippen molar-refractivity contribution in [3.63, 3.8) is 0 Å².